The highest BCUT2D eigenvalue weighted by atomic mass is 35.5. The lowest BCUT2D eigenvalue weighted by Crippen LogP contribution is -2.45. The van der Waals surface area contributed by atoms with Crippen LogP contribution in [0.25, 0.3) is 0 Å². The summed E-state index contributed by atoms with van der Waals surface area (Å²) in [6.07, 6.45) is 0. The van der Waals surface area contributed by atoms with E-state index in [4.69, 9.17) is 23.2 Å². The monoisotopic (exact) mass is 365 g/mol. The van der Waals surface area contributed by atoms with E-state index in [-0.39, 0.29) is 18.4 Å². The standard InChI is InChI=1S/C17H17Cl2N3O2/c1-22(10-13-8-5-9-14(18)16(13)19)11-15(23)20-21-17(24)12-6-3-2-4-7-12/h2-9H,10-11H2,1H3,(H,20,23)(H,21,24). The lowest BCUT2D eigenvalue weighted by Gasteiger charge is -2.17. The maximum absolute atomic E-state index is 11.9. The first-order valence-electron chi connectivity index (χ1n) is 7.23. The van der Waals surface area contributed by atoms with Gasteiger partial charge in [-0.05, 0) is 30.8 Å². The minimum absolute atomic E-state index is 0.0952. The summed E-state index contributed by atoms with van der Waals surface area (Å²) in [4.78, 5) is 25.5. The molecule has 0 spiro atoms. The number of carbonyl (C=O) groups is 2. The number of nitrogens with one attached hydrogen (secondary N) is 2. The average Bonchev–Trinajstić information content (AvgIpc) is 2.57. The fourth-order valence-electron chi connectivity index (χ4n) is 2.09. The summed E-state index contributed by atoms with van der Waals surface area (Å²) < 4.78 is 0. The molecule has 0 aliphatic rings. The summed E-state index contributed by atoms with van der Waals surface area (Å²) >= 11 is 12.1. The van der Waals surface area contributed by atoms with E-state index in [1.165, 1.54) is 0 Å². The third-order valence-corrected chi connectivity index (χ3v) is 4.09. The van der Waals surface area contributed by atoms with E-state index in [0.29, 0.717) is 22.2 Å². The molecule has 0 saturated carbocycles. The normalized spacial score (nSPS) is 10.5. The molecule has 2 N–H and O–H groups in total. The molecule has 0 unspecified atom stereocenters. The first kappa shape index (κ1) is 18.3. The molecular formula is C17H17Cl2N3O2. The van der Waals surface area contributed by atoms with Crippen molar-refractivity contribution in [2.75, 3.05) is 13.6 Å². The van der Waals surface area contributed by atoms with Crippen molar-refractivity contribution in [2.24, 2.45) is 0 Å². The SMILES string of the molecule is CN(CC(=O)NNC(=O)c1ccccc1)Cc1cccc(Cl)c1Cl. The van der Waals surface area contributed by atoms with Gasteiger partial charge in [0.2, 0.25) is 0 Å². The zero-order valence-electron chi connectivity index (χ0n) is 13.1. The summed E-state index contributed by atoms with van der Waals surface area (Å²) in [5, 5.41) is 0.950. The van der Waals surface area contributed by atoms with Gasteiger partial charge in [-0.2, -0.15) is 0 Å². The number of nitrogens with zero attached hydrogens (tertiary/aromatic N) is 1. The van der Waals surface area contributed by atoms with Crippen molar-refractivity contribution in [3.63, 3.8) is 0 Å². The van der Waals surface area contributed by atoms with Crippen LogP contribution < -0.4 is 10.9 Å². The molecule has 2 aromatic rings. The zero-order valence-corrected chi connectivity index (χ0v) is 14.6. The van der Waals surface area contributed by atoms with Gasteiger partial charge in [-0.1, -0.05) is 53.5 Å². The van der Waals surface area contributed by atoms with Crippen molar-refractivity contribution in [2.45, 2.75) is 6.54 Å². The van der Waals surface area contributed by atoms with Crippen molar-refractivity contribution in [3.05, 3.63) is 69.7 Å². The van der Waals surface area contributed by atoms with E-state index in [0.717, 1.165) is 5.56 Å². The van der Waals surface area contributed by atoms with E-state index in [1.54, 1.807) is 48.3 Å². The Kier molecular flexibility index (Phi) is 6.61. The molecule has 7 heteroatoms. The molecule has 0 fully saturated rings. The molecule has 0 heterocycles. The molecule has 0 saturated heterocycles. The first-order chi connectivity index (χ1) is 11.5. The summed E-state index contributed by atoms with van der Waals surface area (Å²) in [6, 6.07) is 14.0. The topological polar surface area (TPSA) is 61.4 Å². The Hall–Kier alpha value is -2.08. The van der Waals surface area contributed by atoms with Crippen LogP contribution in [0.15, 0.2) is 48.5 Å². The fourth-order valence-corrected chi connectivity index (χ4v) is 2.47. The van der Waals surface area contributed by atoms with Crippen LogP contribution in [0.3, 0.4) is 0 Å². The number of carbonyl (C=O) groups excluding carboxylic acids is 2. The molecule has 0 atom stereocenters. The molecule has 0 aromatic heterocycles. The Bertz CT molecular complexity index is 723. The van der Waals surface area contributed by atoms with Gasteiger partial charge in [-0.25, -0.2) is 0 Å². The molecule has 5 nitrogen and oxygen atoms in total. The fraction of sp³-hybridized carbons (Fsp3) is 0.176. The van der Waals surface area contributed by atoms with Gasteiger partial charge < -0.3 is 0 Å². The van der Waals surface area contributed by atoms with E-state index in [9.17, 15) is 9.59 Å². The predicted molar refractivity (Wildman–Crippen MR) is 94.8 cm³/mol. The van der Waals surface area contributed by atoms with Crippen molar-refractivity contribution in [1.82, 2.24) is 15.8 Å². The summed E-state index contributed by atoms with van der Waals surface area (Å²) in [5.41, 5.74) is 6.06. The molecule has 0 radical (unpaired) electrons. The third kappa shape index (κ3) is 5.23. The van der Waals surface area contributed by atoms with Gasteiger partial charge in [-0.3, -0.25) is 25.3 Å². The average molecular weight is 366 g/mol. The third-order valence-electron chi connectivity index (χ3n) is 3.24. The van der Waals surface area contributed by atoms with Crippen LogP contribution in [0.1, 0.15) is 15.9 Å². The van der Waals surface area contributed by atoms with Gasteiger partial charge in [0.25, 0.3) is 11.8 Å². The Morgan fingerprint density at radius 1 is 1.00 bits per heavy atom. The van der Waals surface area contributed by atoms with Gasteiger partial charge in [0.05, 0.1) is 16.6 Å². The van der Waals surface area contributed by atoms with Crippen molar-refractivity contribution in [3.8, 4) is 0 Å². The number of hydrogen-bond donors (Lipinski definition) is 2. The number of rotatable bonds is 5. The van der Waals surface area contributed by atoms with Gasteiger partial charge in [0, 0.05) is 12.1 Å². The lowest BCUT2D eigenvalue weighted by atomic mass is 10.2. The van der Waals surface area contributed by atoms with Gasteiger partial charge >= 0.3 is 0 Å². The minimum atomic E-state index is -0.371. The smallest absolute Gasteiger partial charge is 0.269 e. The van der Waals surface area contributed by atoms with Gasteiger partial charge in [0.1, 0.15) is 0 Å². The molecule has 126 valence electrons. The second-order valence-corrected chi connectivity index (χ2v) is 6.04. The lowest BCUT2D eigenvalue weighted by molar-refractivity contribution is -0.122. The van der Waals surface area contributed by atoms with Crippen molar-refractivity contribution >= 4 is 35.0 Å². The molecule has 0 bridgehead atoms. The van der Waals surface area contributed by atoms with Crippen molar-refractivity contribution < 1.29 is 9.59 Å². The Labute approximate surface area is 150 Å². The Morgan fingerprint density at radius 3 is 2.42 bits per heavy atom. The number of likely N-dealkylation sites (N-methyl/N-ethyl adjacent to an activating group) is 1. The highest BCUT2D eigenvalue weighted by Gasteiger charge is 2.11. The number of benzene rings is 2. The number of hydrazine groups is 1. The highest BCUT2D eigenvalue weighted by molar-refractivity contribution is 6.42. The highest BCUT2D eigenvalue weighted by Crippen LogP contribution is 2.26. The molecule has 2 aromatic carbocycles. The predicted octanol–water partition coefficient (Wildman–Crippen LogP) is 2.89. The zero-order chi connectivity index (χ0) is 17.5. The molecule has 2 amide bonds. The van der Waals surface area contributed by atoms with E-state index < -0.39 is 0 Å². The van der Waals surface area contributed by atoms with E-state index in [1.807, 2.05) is 12.1 Å². The molecule has 0 aliphatic carbocycles. The number of halogens is 2. The number of hydrogen-bond acceptors (Lipinski definition) is 3. The molecular weight excluding hydrogens is 349 g/mol. The van der Waals surface area contributed by atoms with Crippen LogP contribution >= 0.6 is 23.2 Å². The molecule has 2 rings (SSSR count). The summed E-state index contributed by atoms with van der Waals surface area (Å²) in [7, 11) is 1.77. The van der Waals surface area contributed by atoms with Crippen molar-refractivity contribution in [1.29, 1.82) is 0 Å². The second-order valence-electron chi connectivity index (χ2n) is 5.25. The Balaban J connectivity index is 1.81. The minimum Gasteiger partial charge on any atom is -0.293 e. The van der Waals surface area contributed by atoms with E-state index >= 15 is 0 Å². The maximum Gasteiger partial charge on any atom is 0.269 e. The first-order valence-corrected chi connectivity index (χ1v) is 7.98. The second kappa shape index (κ2) is 8.68. The van der Waals surface area contributed by atoms with Gasteiger partial charge in [0.15, 0.2) is 0 Å². The summed E-state index contributed by atoms with van der Waals surface area (Å²) in [6.45, 7) is 0.553. The van der Waals surface area contributed by atoms with Crippen LogP contribution in [-0.4, -0.2) is 30.3 Å². The van der Waals surface area contributed by atoms with Crippen LogP contribution in [0.5, 0.6) is 0 Å². The largest absolute Gasteiger partial charge is 0.293 e. The quantitative estimate of drug-likeness (QED) is 0.800. The Morgan fingerprint density at radius 2 is 1.71 bits per heavy atom. The van der Waals surface area contributed by atoms with E-state index in [2.05, 4.69) is 10.9 Å². The summed E-state index contributed by atoms with van der Waals surface area (Å²) in [5.74, 6) is -0.704. The molecule has 24 heavy (non-hydrogen) atoms. The van der Waals surface area contributed by atoms with Crippen LogP contribution in [0, 0.1) is 0 Å². The van der Waals surface area contributed by atoms with Crippen LogP contribution in [0.4, 0.5) is 0 Å². The van der Waals surface area contributed by atoms with Crippen LogP contribution in [0.2, 0.25) is 10.0 Å². The van der Waals surface area contributed by atoms with Gasteiger partial charge in [-0.15, -0.1) is 0 Å². The number of amides is 2. The molecule has 0 aliphatic heterocycles. The maximum atomic E-state index is 11.9. The van der Waals surface area contributed by atoms with Crippen LogP contribution in [-0.2, 0) is 11.3 Å².